The fraction of sp³-hybridized carbons (Fsp3) is 0.318. The predicted molar refractivity (Wildman–Crippen MR) is 107 cm³/mol. The van der Waals surface area contributed by atoms with Crippen LogP contribution in [0.2, 0.25) is 0 Å². The molecule has 1 saturated heterocycles. The van der Waals surface area contributed by atoms with E-state index in [1.807, 2.05) is 30.3 Å². The molecule has 1 aromatic carbocycles. The Morgan fingerprint density at radius 1 is 1.10 bits per heavy atom. The van der Waals surface area contributed by atoms with Gasteiger partial charge in [-0.2, -0.15) is 0 Å². The molecule has 4 rings (SSSR count). The molecule has 0 bridgehead atoms. The van der Waals surface area contributed by atoms with Gasteiger partial charge >= 0.3 is 0 Å². The van der Waals surface area contributed by atoms with Crippen LogP contribution in [-0.4, -0.2) is 40.1 Å². The monoisotopic (exact) mass is 392 g/mol. The van der Waals surface area contributed by atoms with E-state index in [4.69, 9.17) is 9.26 Å². The first-order valence-electron chi connectivity index (χ1n) is 9.82. The summed E-state index contributed by atoms with van der Waals surface area (Å²) in [6.07, 6.45) is 7.15. The van der Waals surface area contributed by atoms with E-state index in [1.54, 1.807) is 30.8 Å². The zero-order valence-electron chi connectivity index (χ0n) is 16.2. The molecule has 1 fully saturated rings. The minimum absolute atomic E-state index is 0.102. The van der Waals surface area contributed by atoms with Gasteiger partial charge in [-0.25, -0.2) is 0 Å². The van der Waals surface area contributed by atoms with Gasteiger partial charge in [0, 0.05) is 50.2 Å². The molecule has 0 aliphatic carbocycles. The molecule has 1 aliphatic rings. The van der Waals surface area contributed by atoms with Crippen molar-refractivity contribution >= 4 is 5.91 Å². The van der Waals surface area contributed by atoms with Gasteiger partial charge in [0.2, 0.25) is 0 Å². The van der Waals surface area contributed by atoms with Crippen molar-refractivity contribution in [2.24, 2.45) is 0 Å². The van der Waals surface area contributed by atoms with E-state index >= 15 is 0 Å². The van der Waals surface area contributed by atoms with E-state index in [2.05, 4.69) is 20.4 Å². The number of aromatic nitrogens is 2. The Morgan fingerprint density at radius 3 is 2.55 bits per heavy atom. The minimum atomic E-state index is -0.102. The number of nitrogens with zero attached hydrogens (tertiary/aromatic N) is 3. The van der Waals surface area contributed by atoms with Crippen LogP contribution in [0.3, 0.4) is 0 Å². The summed E-state index contributed by atoms with van der Waals surface area (Å²) in [5, 5.41) is 6.88. The molecule has 3 heterocycles. The number of hydrogen-bond acceptors (Lipinski definition) is 6. The van der Waals surface area contributed by atoms with Crippen molar-refractivity contribution in [3.8, 4) is 5.75 Å². The molecule has 2 aromatic heterocycles. The van der Waals surface area contributed by atoms with Gasteiger partial charge in [-0.05, 0) is 54.8 Å². The van der Waals surface area contributed by atoms with Crippen molar-refractivity contribution in [1.29, 1.82) is 0 Å². The third kappa shape index (κ3) is 5.42. The van der Waals surface area contributed by atoms with Crippen molar-refractivity contribution in [2.45, 2.75) is 32.0 Å². The van der Waals surface area contributed by atoms with Crippen molar-refractivity contribution in [3.05, 3.63) is 77.9 Å². The van der Waals surface area contributed by atoms with Crippen LogP contribution in [0.1, 0.15) is 34.5 Å². The fourth-order valence-corrected chi connectivity index (χ4v) is 3.40. The second kappa shape index (κ2) is 9.34. The summed E-state index contributed by atoms with van der Waals surface area (Å²) in [6.45, 7) is 3.22. The Balaban J connectivity index is 1.23. The number of pyridine rings is 1. The number of carbonyl (C=O) groups excluding carboxylic acids is 1. The predicted octanol–water partition coefficient (Wildman–Crippen LogP) is 3.04. The van der Waals surface area contributed by atoms with E-state index in [0.717, 1.165) is 49.5 Å². The number of likely N-dealkylation sites (tertiary alicyclic amines) is 1. The van der Waals surface area contributed by atoms with Crippen molar-refractivity contribution < 1.29 is 14.1 Å². The number of nitrogens with one attached hydrogen (secondary N) is 1. The molecule has 150 valence electrons. The second-order valence-electron chi connectivity index (χ2n) is 7.15. The largest absolute Gasteiger partial charge is 0.490 e. The maximum atomic E-state index is 12.3. The Morgan fingerprint density at radius 2 is 1.86 bits per heavy atom. The number of amides is 1. The summed E-state index contributed by atoms with van der Waals surface area (Å²) < 4.78 is 11.0. The Kier molecular flexibility index (Phi) is 6.16. The molecular weight excluding hydrogens is 368 g/mol. The lowest BCUT2D eigenvalue weighted by atomic mass is 10.1. The van der Waals surface area contributed by atoms with Gasteiger partial charge in [-0.15, -0.1) is 0 Å². The van der Waals surface area contributed by atoms with Gasteiger partial charge in [0.15, 0.2) is 0 Å². The Labute approximate surface area is 169 Å². The van der Waals surface area contributed by atoms with E-state index in [-0.39, 0.29) is 12.0 Å². The summed E-state index contributed by atoms with van der Waals surface area (Å²) in [4.78, 5) is 18.6. The molecule has 1 amide bonds. The Bertz CT molecular complexity index is 890. The van der Waals surface area contributed by atoms with Crippen LogP contribution in [0.25, 0.3) is 0 Å². The molecule has 29 heavy (non-hydrogen) atoms. The maximum Gasteiger partial charge on any atom is 0.251 e. The topological polar surface area (TPSA) is 80.5 Å². The Hall–Kier alpha value is -3.19. The van der Waals surface area contributed by atoms with Crippen molar-refractivity contribution in [2.75, 3.05) is 13.1 Å². The average Bonchev–Trinajstić information content (AvgIpc) is 3.28. The normalized spacial score (nSPS) is 15.2. The maximum absolute atomic E-state index is 12.3. The van der Waals surface area contributed by atoms with Crippen LogP contribution in [0, 0.1) is 0 Å². The molecule has 3 aromatic rings. The van der Waals surface area contributed by atoms with Gasteiger partial charge in [-0.1, -0.05) is 5.16 Å². The minimum Gasteiger partial charge on any atom is -0.490 e. The molecule has 7 nitrogen and oxygen atoms in total. The smallest absolute Gasteiger partial charge is 0.251 e. The highest BCUT2D eigenvalue weighted by molar-refractivity contribution is 5.94. The lowest BCUT2D eigenvalue weighted by Gasteiger charge is -2.31. The molecular formula is C22H24N4O3. The van der Waals surface area contributed by atoms with Crippen molar-refractivity contribution in [1.82, 2.24) is 20.4 Å². The first kappa shape index (κ1) is 19.1. The van der Waals surface area contributed by atoms with Crippen LogP contribution in [0.15, 0.2) is 65.6 Å². The van der Waals surface area contributed by atoms with Crippen LogP contribution in [-0.2, 0) is 13.1 Å². The zero-order valence-corrected chi connectivity index (χ0v) is 16.2. The molecule has 7 heteroatoms. The third-order valence-corrected chi connectivity index (χ3v) is 5.03. The first-order valence-corrected chi connectivity index (χ1v) is 9.82. The molecule has 1 N–H and O–H groups in total. The van der Waals surface area contributed by atoms with Crippen LogP contribution >= 0.6 is 0 Å². The van der Waals surface area contributed by atoms with Gasteiger partial charge in [-0.3, -0.25) is 14.7 Å². The third-order valence-electron chi connectivity index (χ3n) is 5.03. The summed E-state index contributed by atoms with van der Waals surface area (Å²) in [6, 6.07) is 13.0. The molecule has 0 spiro atoms. The summed E-state index contributed by atoms with van der Waals surface area (Å²) >= 11 is 0. The number of carbonyl (C=O) groups is 1. The van der Waals surface area contributed by atoms with Crippen LogP contribution < -0.4 is 10.1 Å². The summed E-state index contributed by atoms with van der Waals surface area (Å²) in [5.41, 5.74) is 2.60. The molecule has 0 saturated carbocycles. The number of benzene rings is 1. The summed E-state index contributed by atoms with van der Waals surface area (Å²) in [5.74, 6) is 0.695. The number of ether oxygens (including phenoxy) is 1. The first-order chi connectivity index (χ1) is 14.3. The molecule has 0 unspecified atom stereocenters. The van der Waals surface area contributed by atoms with E-state index in [9.17, 15) is 4.79 Å². The van der Waals surface area contributed by atoms with E-state index in [1.165, 1.54) is 0 Å². The number of piperidine rings is 1. The second-order valence-corrected chi connectivity index (χ2v) is 7.15. The van der Waals surface area contributed by atoms with E-state index in [0.29, 0.717) is 12.1 Å². The highest BCUT2D eigenvalue weighted by atomic mass is 16.5. The lowest BCUT2D eigenvalue weighted by molar-refractivity contribution is 0.0945. The van der Waals surface area contributed by atoms with Gasteiger partial charge in [0.25, 0.3) is 5.91 Å². The van der Waals surface area contributed by atoms with Gasteiger partial charge < -0.3 is 14.6 Å². The standard InChI is InChI=1S/C22H24N4O3/c27-22(24-15-17-5-10-23-11-6-17)18-1-3-20(4-2-18)29-21-7-12-26(13-8-21)16-19-9-14-28-25-19/h1-6,9-11,14,21H,7-8,12-13,15-16H2,(H,24,27). The molecule has 1 aliphatic heterocycles. The van der Waals surface area contributed by atoms with Crippen molar-refractivity contribution in [3.63, 3.8) is 0 Å². The van der Waals surface area contributed by atoms with E-state index < -0.39 is 0 Å². The SMILES string of the molecule is O=C(NCc1ccncc1)c1ccc(OC2CCN(Cc3ccon3)CC2)cc1. The van der Waals surface area contributed by atoms with Gasteiger partial charge in [0.05, 0.1) is 5.69 Å². The highest BCUT2D eigenvalue weighted by Gasteiger charge is 2.21. The average molecular weight is 392 g/mol. The van der Waals surface area contributed by atoms with Gasteiger partial charge in [0.1, 0.15) is 18.1 Å². The zero-order chi connectivity index (χ0) is 19.9. The molecule has 0 radical (unpaired) electrons. The molecule has 0 atom stereocenters. The van der Waals surface area contributed by atoms with Crippen LogP contribution in [0.5, 0.6) is 5.75 Å². The fourth-order valence-electron chi connectivity index (χ4n) is 3.40. The lowest BCUT2D eigenvalue weighted by Crippen LogP contribution is -2.37. The van der Waals surface area contributed by atoms with Crippen LogP contribution in [0.4, 0.5) is 0 Å². The highest BCUT2D eigenvalue weighted by Crippen LogP contribution is 2.20. The number of rotatable bonds is 7. The quantitative estimate of drug-likeness (QED) is 0.666. The summed E-state index contributed by atoms with van der Waals surface area (Å²) in [7, 11) is 0. The number of hydrogen-bond donors (Lipinski definition) is 1.